The van der Waals surface area contributed by atoms with Crippen molar-refractivity contribution in [2.45, 2.75) is 18.9 Å². The Bertz CT molecular complexity index is 1010. The van der Waals surface area contributed by atoms with Gasteiger partial charge >= 0.3 is 0 Å². The van der Waals surface area contributed by atoms with E-state index in [2.05, 4.69) is 21.2 Å². The van der Waals surface area contributed by atoms with E-state index in [0.717, 1.165) is 15.2 Å². The SMILES string of the molecule is O=C(COc1ccc2ccccc2c1Br)NC1CCN(C(=O)c2ccco2)CC1. The zero-order chi connectivity index (χ0) is 20.2. The number of carbonyl (C=O) groups excluding carboxylic acids is 2. The second-order valence-electron chi connectivity index (χ2n) is 7.00. The molecule has 2 heterocycles. The topological polar surface area (TPSA) is 71.8 Å². The first-order valence-electron chi connectivity index (χ1n) is 9.54. The molecule has 0 bridgehead atoms. The summed E-state index contributed by atoms with van der Waals surface area (Å²) in [5.74, 6) is 0.713. The van der Waals surface area contributed by atoms with Crippen molar-refractivity contribution < 1.29 is 18.7 Å². The van der Waals surface area contributed by atoms with Crippen LogP contribution in [-0.2, 0) is 4.79 Å². The smallest absolute Gasteiger partial charge is 0.289 e. The molecule has 2 amide bonds. The molecule has 0 spiro atoms. The molecule has 0 unspecified atom stereocenters. The van der Waals surface area contributed by atoms with Gasteiger partial charge in [0.2, 0.25) is 0 Å². The average molecular weight is 457 g/mol. The molecule has 1 aromatic heterocycles. The molecule has 6 nitrogen and oxygen atoms in total. The first-order valence-corrected chi connectivity index (χ1v) is 10.3. The third kappa shape index (κ3) is 4.45. The Morgan fingerprint density at radius 3 is 2.66 bits per heavy atom. The maximum Gasteiger partial charge on any atom is 0.289 e. The molecule has 1 N–H and O–H groups in total. The van der Waals surface area contributed by atoms with Crippen LogP contribution in [0.15, 0.2) is 63.7 Å². The Hall–Kier alpha value is -2.80. The van der Waals surface area contributed by atoms with Gasteiger partial charge in [0.1, 0.15) is 5.75 Å². The molecule has 1 aliphatic rings. The summed E-state index contributed by atoms with van der Waals surface area (Å²) in [6.07, 6.45) is 2.91. The molecule has 1 aliphatic heterocycles. The lowest BCUT2D eigenvalue weighted by molar-refractivity contribution is -0.124. The lowest BCUT2D eigenvalue weighted by atomic mass is 10.0. The van der Waals surface area contributed by atoms with Crippen molar-refractivity contribution in [1.82, 2.24) is 10.2 Å². The number of amides is 2. The number of nitrogens with zero attached hydrogens (tertiary/aromatic N) is 1. The number of halogens is 1. The minimum atomic E-state index is -0.166. The second-order valence-corrected chi connectivity index (χ2v) is 7.79. The normalized spacial score (nSPS) is 14.7. The Labute approximate surface area is 176 Å². The van der Waals surface area contributed by atoms with Gasteiger partial charge in [-0.2, -0.15) is 0 Å². The van der Waals surface area contributed by atoms with Crippen molar-refractivity contribution in [3.8, 4) is 5.75 Å². The van der Waals surface area contributed by atoms with E-state index >= 15 is 0 Å². The first-order chi connectivity index (χ1) is 14.1. The van der Waals surface area contributed by atoms with Crippen LogP contribution in [0.1, 0.15) is 23.4 Å². The lowest BCUT2D eigenvalue weighted by Crippen LogP contribution is -2.47. The van der Waals surface area contributed by atoms with Crippen molar-refractivity contribution in [1.29, 1.82) is 0 Å². The monoisotopic (exact) mass is 456 g/mol. The highest BCUT2D eigenvalue weighted by molar-refractivity contribution is 9.10. The molecule has 4 rings (SSSR count). The van der Waals surface area contributed by atoms with Crippen molar-refractivity contribution in [2.75, 3.05) is 19.7 Å². The van der Waals surface area contributed by atoms with E-state index in [9.17, 15) is 9.59 Å². The molecule has 0 atom stereocenters. The van der Waals surface area contributed by atoms with Crippen LogP contribution in [0.25, 0.3) is 10.8 Å². The maximum absolute atomic E-state index is 12.3. The molecule has 1 fully saturated rings. The summed E-state index contributed by atoms with van der Waals surface area (Å²) in [5, 5.41) is 5.14. The number of ether oxygens (including phenoxy) is 1. The van der Waals surface area contributed by atoms with Gasteiger partial charge in [-0.05, 0) is 57.7 Å². The van der Waals surface area contributed by atoms with Gasteiger partial charge in [0.05, 0.1) is 10.7 Å². The van der Waals surface area contributed by atoms with Crippen LogP contribution >= 0.6 is 15.9 Å². The minimum absolute atomic E-state index is 0.0341. The second kappa shape index (κ2) is 8.69. The zero-order valence-electron chi connectivity index (χ0n) is 15.8. The van der Waals surface area contributed by atoms with Gasteiger partial charge in [-0.1, -0.05) is 30.3 Å². The number of rotatable bonds is 5. The van der Waals surface area contributed by atoms with Crippen LogP contribution in [0.3, 0.4) is 0 Å². The van der Waals surface area contributed by atoms with Gasteiger partial charge in [0.15, 0.2) is 12.4 Å². The van der Waals surface area contributed by atoms with Gasteiger partial charge in [0.25, 0.3) is 11.8 Å². The van der Waals surface area contributed by atoms with Crippen LogP contribution in [0.5, 0.6) is 5.75 Å². The number of hydrogen-bond acceptors (Lipinski definition) is 4. The third-order valence-corrected chi connectivity index (χ3v) is 5.88. The summed E-state index contributed by atoms with van der Waals surface area (Å²) in [5.41, 5.74) is 0. The van der Waals surface area contributed by atoms with E-state index in [-0.39, 0.29) is 24.5 Å². The number of fused-ring (bicyclic) bond motifs is 1. The van der Waals surface area contributed by atoms with Crippen LogP contribution in [-0.4, -0.2) is 42.5 Å². The molecule has 7 heteroatoms. The van der Waals surface area contributed by atoms with E-state index in [1.54, 1.807) is 17.0 Å². The van der Waals surface area contributed by atoms with Gasteiger partial charge in [-0.15, -0.1) is 0 Å². The van der Waals surface area contributed by atoms with Crippen LogP contribution < -0.4 is 10.1 Å². The standard InChI is InChI=1S/C22H21BrN2O4/c23-21-17-5-2-1-4-15(17)7-8-18(21)29-14-20(26)24-16-9-11-25(12-10-16)22(27)19-6-3-13-28-19/h1-8,13,16H,9-12,14H2,(H,24,26). The van der Waals surface area contributed by atoms with Gasteiger partial charge in [-0.3, -0.25) is 9.59 Å². The van der Waals surface area contributed by atoms with Gasteiger partial charge < -0.3 is 19.4 Å². The van der Waals surface area contributed by atoms with Crippen LogP contribution in [0.4, 0.5) is 0 Å². The maximum atomic E-state index is 12.3. The summed E-state index contributed by atoms with van der Waals surface area (Å²) in [7, 11) is 0. The van der Waals surface area contributed by atoms with Gasteiger partial charge in [-0.25, -0.2) is 0 Å². The number of piperidine rings is 1. The fourth-order valence-electron chi connectivity index (χ4n) is 3.52. The fraction of sp³-hybridized carbons (Fsp3) is 0.273. The first kappa shape index (κ1) is 19.5. The summed E-state index contributed by atoms with van der Waals surface area (Å²) in [6.45, 7) is 1.12. The number of likely N-dealkylation sites (tertiary alicyclic amines) is 1. The van der Waals surface area contributed by atoms with Crippen molar-refractivity contribution in [2.24, 2.45) is 0 Å². The number of nitrogens with one attached hydrogen (secondary N) is 1. The molecule has 0 saturated carbocycles. The zero-order valence-corrected chi connectivity index (χ0v) is 17.4. The highest BCUT2D eigenvalue weighted by Crippen LogP contribution is 2.33. The quantitative estimate of drug-likeness (QED) is 0.629. The summed E-state index contributed by atoms with van der Waals surface area (Å²) in [6, 6.07) is 15.2. The lowest BCUT2D eigenvalue weighted by Gasteiger charge is -2.31. The number of hydrogen-bond donors (Lipinski definition) is 1. The largest absolute Gasteiger partial charge is 0.483 e. The Morgan fingerprint density at radius 1 is 1.10 bits per heavy atom. The summed E-state index contributed by atoms with van der Waals surface area (Å²) >= 11 is 3.57. The highest BCUT2D eigenvalue weighted by Gasteiger charge is 2.25. The number of benzene rings is 2. The highest BCUT2D eigenvalue weighted by atomic mass is 79.9. The van der Waals surface area contributed by atoms with Crippen molar-refractivity contribution >= 4 is 38.5 Å². The van der Waals surface area contributed by atoms with E-state index in [4.69, 9.17) is 9.15 Å². The molecule has 29 heavy (non-hydrogen) atoms. The van der Waals surface area contributed by atoms with Crippen molar-refractivity contribution in [3.63, 3.8) is 0 Å². The molecule has 3 aromatic rings. The Kier molecular flexibility index (Phi) is 5.85. The average Bonchev–Trinajstić information content (AvgIpc) is 3.28. The van der Waals surface area contributed by atoms with Gasteiger partial charge in [0, 0.05) is 19.1 Å². The van der Waals surface area contributed by atoms with E-state index in [0.29, 0.717) is 37.4 Å². The molecular weight excluding hydrogens is 436 g/mol. The Balaban J connectivity index is 1.27. The van der Waals surface area contributed by atoms with E-state index in [1.807, 2.05) is 36.4 Å². The van der Waals surface area contributed by atoms with E-state index in [1.165, 1.54) is 6.26 Å². The summed E-state index contributed by atoms with van der Waals surface area (Å²) < 4.78 is 11.7. The fourth-order valence-corrected chi connectivity index (χ4v) is 4.13. The van der Waals surface area contributed by atoms with Crippen molar-refractivity contribution in [3.05, 3.63) is 65.0 Å². The predicted molar refractivity (Wildman–Crippen MR) is 113 cm³/mol. The molecule has 0 aliphatic carbocycles. The molecular formula is C22H21BrN2O4. The van der Waals surface area contributed by atoms with Crippen LogP contribution in [0, 0.1) is 0 Å². The van der Waals surface area contributed by atoms with Crippen LogP contribution in [0.2, 0.25) is 0 Å². The third-order valence-electron chi connectivity index (χ3n) is 5.07. The Morgan fingerprint density at radius 2 is 1.90 bits per heavy atom. The van der Waals surface area contributed by atoms with E-state index < -0.39 is 0 Å². The number of carbonyl (C=O) groups is 2. The predicted octanol–water partition coefficient (Wildman–Crippen LogP) is 4.00. The molecule has 150 valence electrons. The molecule has 0 radical (unpaired) electrons. The summed E-state index contributed by atoms with van der Waals surface area (Å²) in [4.78, 5) is 26.4. The molecule has 1 saturated heterocycles. The minimum Gasteiger partial charge on any atom is -0.483 e. The number of furan rings is 1. The molecule has 2 aromatic carbocycles.